The Bertz CT molecular complexity index is 1190. The molecule has 1 fully saturated rings. The average molecular weight is 486 g/mol. The lowest BCUT2D eigenvalue weighted by Gasteiger charge is -2.41. The van der Waals surface area contributed by atoms with Gasteiger partial charge in [0.25, 0.3) is 0 Å². The first-order valence-corrected chi connectivity index (χ1v) is 13.3. The van der Waals surface area contributed by atoms with Crippen molar-refractivity contribution in [3.63, 3.8) is 0 Å². The van der Waals surface area contributed by atoms with Gasteiger partial charge in [0.15, 0.2) is 0 Å². The van der Waals surface area contributed by atoms with Crippen LogP contribution in [0.3, 0.4) is 0 Å². The Morgan fingerprint density at radius 1 is 1.21 bits per heavy atom. The van der Waals surface area contributed by atoms with E-state index in [2.05, 4.69) is 63.7 Å². The molecule has 10 heteroatoms. The van der Waals surface area contributed by atoms with Gasteiger partial charge < -0.3 is 14.5 Å². The zero-order chi connectivity index (χ0) is 24.1. The summed E-state index contributed by atoms with van der Waals surface area (Å²) in [5, 5.41) is 12.9. The van der Waals surface area contributed by atoms with Crippen LogP contribution in [0.5, 0.6) is 0 Å². The minimum Gasteiger partial charge on any atom is -0.427 e. The van der Waals surface area contributed by atoms with Crippen LogP contribution in [0.2, 0.25) is 0 Å². The number of benzene rings is 2. The Hall–Kier alpha value is -2.66. The SMILES string of the molecule is CC(c1cccc2ccccc12)N1CCC(N(C(C=O)CNCc2nnco2)S(C)(=O)=O)CC1. The first kappa shape index (κ1) is 24.5. The minimum atomic E-state index is -3.59. The molecule has 3 aromatic rings. The molecule has 9 nitrogen and oxygen atoms in total. The summed E-state index contributed by atoms with van der Waals surface area (Å²) in [7, 11) is -3.59. The molecule has 182 valence electrons. The maximum absolute atomic E-state index is 12.7. The van der Waals surface area contributed by atoms with E-state index in [1.165, 1.54) is 33.3 Å². The van der Waals surface area contributed by atoms with E-state index < -0.39 is 16.1 Å². The van der Waals surface area contributed by atoms with E-state index in [0.717, 1.165) is 13.1 Å². The number of nitrogens with zero attached hydrogens (tertiary/aromatic N) is 4. The number of sulfonamides is 1. The Kier molecular flexibility index (Phi) is 7.72. The van der Waals surface area contributed by atoms with Gasteiger partial charge in [-0.05, 0) is 36.1 Å². The van der Waals surface area contributed by atoms with Crippen molar-refractivity contribution in [2.45, 2.75) is 44.4 Å². The number of fused-ring (bicyclic) bond motifs is 1. The van der Waals surface area contributed by atoms with E-state index in [-0.39, 0.29) is 25.2 Å². The lowest BCUT2D eigenvalue weighted by atomic mass is 9.96. The standard InChI is InChI=1S/C24H31N5O4S/c1-18(22-9-5-7-19-6-3-4-8-23(19)22)28-12-10-20(11-13-28)29(34(2,31)32)21(16-30)14-25-15-24-27-26-17-33-24/h3-9,16-18,20-21,25H,10-15H2,1-2H3. The van der Waals surface area contributed by atoms with Gasteiger partial charge in [0.1, 0.15) is 6.29 Å². The number of piperidine rings is 1. The van der Waals surface area contributed by atoms with Crippen molar-refractivity contribution in [2.75, 3.05) is 25.9 Å². The molecule has 2 heterocycles. The number of aromatic nitrogens is 2. The summed E-state index contributed by atoms with van der Waals surface area (Å²) in [6, 6.07) is 13.9. The molecule has 34 heavy (non-hydrogen) atoms. The first-order valence-electron chi connectivity index (χ1n) is 11.5. The van der Waals surface area contributed by atoms with E-state index in [1.54, 1.807) is 0 Å². The third-order valence-corrected chi connectivity index (χ3v) is 7.92. The van der Waals surface area contributed by atoms with Gasteiger partial charge in [-0.15, -0.1) is 10.2 Å². The molecule has 2 aromatic carbocycles. The van der Waals surface area contributed by atoms with E-state index in [1.807, 2.05) is 6.07 Å². The summed E-state index contributed by atoms with van der Waals surface area (Å²) in [6.07, 6.45) is 4.43. The van der Waals surface area contributed by atoms with Gasteiger partial charge >= 0.3 is 0 Å². The number of aldehydes is 1. The summed E-state index contributed by atoms with van der Waals surface area (Å²) in [5.74, 6) is 0.381. The fraction of sp³-hybridized carbons (Fsp3) is 0.458. The molecule has 0 bridgehead atoms. The van der Waals surface area contributed by atoms with Crippen LogP contribution in [0.4, 0.5) is 0 Å². The molecule has 0 radical (unpaired) electrons. The van der Waals surface area contributed by atoms with Crippen LogP contribution in [0.15, 0.2) is 53.3 Å². The third-order valence-electron chi connectivity index (χ3n) is 6.58. The second-order valence-corrected chi connectivity index (χ2v) is 10.7. The fourth-order valence-electron chi connectivity index (χ4n) is 4.92. The second-order valence-electron chi connectivity index (χ2n) is 8.77. The molecule has 1 saturated heterocycles. The molecule has 1 aromatic heterocycles. The first-order chi connectivity index (χ1) is 16.4. The molecule has 4 rings (SSSR count). The summed E-state index contributed by atoms with van der Waals surface area (Å²) in [6.45, 7) is 4.14. The monoisotopic (exact) mass is 485 g/mol. The van der Waals surface area contributed by atoms with Crippen LogP contribution in [-0.2, 0) is 21.4 Å². The molecule has 1 N–H and O–H groups in total. The maximum atomic E-state index is 12.7. The van der Waals surface area contributed by atoms with Crippen LogP contribution in [0, 0.1) is 0 Å². The summed E-state index contributed by atoms with van der Waals surface area (Å²) in [4.78, 5) is 14.3. The summed E-state index contributed by atoms with van der Waals surface area (Å²) < 4.78 is 31.8. The van der Waals surface area contributed by atoms with Crippen molar-refractivity contribution < 1.29 is 17.6 Å². The second kappa shape index (κ2) is 10.7. The largest absolute Gasteiger partial charge is 0.427 e. The van der Waals surface area contributed by atoms with Crippen LogP contribution in [0.1, 0.15) is 37.3 Å². The number of likely N-dealkylation sites (tertiary alicyclic amines) is 1. The molecule has 0 aliphatic carbocycles. The van der Waals surface area contributed by atoms with Gasteiger partial charge in [0, 0.05) is 31.7 Å². The molecule has 0 spiro atoms. The predicted octanol–water partition coefficient (Wildman–Crippen LogP) is 2.37. The van der Waals surface area contributed by atoms with Gasteiger partial charge in [-0.1, -0.05) is 42.5 Å². The number of carbonyl (C=O) groups is 1. The van der Waals surface area contributed by atoms with E-state index >= 15 is 0 Å². The van der Waals surface area contributed by atoms with E-state index in [9.17, 15) is 13.2 Å². The number of hydrogen-bond acceptors (Lipinski definition) is 8. The average Bonchev–Trinajstić information content (AvgIpc) is 3.35. The number of nitrogens with one attached hydrogen (secondary N) is 1. The quantitative estimate of drug-likeness (QED) is 0.436. The molecule has 1 aliphatic heterocycles. The van der Waals surface area contributed by atoms with E-state index in [0.29, 0.717) is 25.0 Å². The lowest BCUT2D eigenvalue weighted by Crippen LogP contribution is -2.54. The molecule has 0 amide bonds. The maximum Gasteiger partial charge on any atom is 0.229 e. The molecular weight excluding hydrogens is 454 g/mol. The molecule has 2 unspecified atom stereocenters. The highest BCUT2D eigenvalue weighted by molar-refractivity contribution is 7.88. The smallest absolute Gasteiger partial charge is 0.229 e. The van der Waals surface area contributed by atoms with Crippen molar-refractivity contribution in [2.24, 2.45) is 0 Å². The third kappa shape index (κ3) is 5.52. The van der Waals surface area contributed by atoms with E-state index in [4.69, 9.17) is 4.42 Å². The molecule has 0 saturated carbocycles. The van der Waals surface area contributed by atoms with Gasteiger partial charge in [0.05, 0.1) is 18.8 Å². The van der Waals surface area contributed by atoms with Crippen LogP contribution in [-0.4, -0.2) is 72.1 Å². The summed E-state index contributed by atoms with van der Waals surface area (Å²) >= 11 is 0. The number of carbonyl (C=O) groups excluding carboxylic acids is 1. The lowest BCUT2D eigenvalue weighted by molar-refractivity contribution is -0.111. The highest BCUT2D eigenvalue weighted by Gasteiger charge is 2.36. The number of rotatable bonds is 10. The molecular formula is C24H31N5O4S. The van der Waals surface area contributed by atoms with Gasteiger partial charge in [-0.3, -0.25) is 4.90 Å². The normalized spacial score (nSPS) is 17.7. The van der Waals surface area contributed by atoms with Crippen molar-refractivity contribution in [3.05, 3.63) is 60.3 Å². The topological polar surface area (TPSA) is 109 Å². The highest BCUT2D eigenvalue weighted by Crippen LogP contribution is 2.31. The van der Waals surface area contributed by atoms with Gasteiger partial charge in [-0.2, -0.15) is 4.31 Å². The Balaban J connectivity index is 1.42. The Morgan fingerprint density at radius 3 is 2.62 bits per heavy atom. The predicted molar refractivity (Wildman–Crippen MR) is 129 cm³/mol. The van der Waals surface area contributed by atoms with Crippen molar-refractivity contribution in [1.82, 2.24) is 24.7 Å². The summed E-state index contributed by atoms with van der Waals surface area (Å²) in [5.41, 5.74) is 1.27. The highest BCUT2D eigenvalue weighted by atomic mass is 32.2. The molecule has 1 aliphatic rings. The van der Waals surface area contributed by atoms with Crippen molar-refractivity contribution in [1.29, 1.82) is 0 Å². The van der Waals surface area contributed by atoms with Crippen LogP contribution >= 0.6 is 0 Å². The Morgan fingerprint density at radius 2 is 1.94 bits per heavy atom. The fourth-order valence-corrected chi connectivity index (χ4v) is 6.29. The Labute approximate surface area is 200 Å². The minimum absolute atomic E-state index is 0.172. The zero-order valence-corrected chi connectivity index (χ0v) is 20.3. The van der Waals surface area contributed by atoms with Gasteiger partial charge in [-0.25, -0.2) is 8.42 Å². The van der Waals surface area contributed by atoms with Crippen molar-refractivity contribution >= 4 is 27.1 Å². The van der Waals surface area contributed by atoms with Crippen molar-refractivity contribution in [3.8, 4) is 0 Å². The zero-order valence-electron chi connectivity index (χ0n) is 19.5. The van der Waals surface area contributed by atoms with Gasteiger partial charge in [0.2, 0.25) is 22.3 Å². The molecule has 2 atom stereocenters. The van der Waals surface area contributed by atoms with Crippen LogP contribution in [0.25, 0.3) is 10.8 Å². The number of hydrogen-bond donors (Lipinski definition) is 1. The van der Waals surface area contributed by atoms with Crippen LogP contribution < -0.4 is 5.32 Å².